The Balaban J connectivity index is 1.50. The van der Waals surface area contributed by atoms with E-state index in [1.54, 1.807) is 24.3 Å². The van der Waals surface area contributed by atoms with E-state index in [2.05, 4.69) is 17.2 Å². The van der Waals surface area contributed by atoms with Crippen molar-refractivity contribution in [2.24, 2.45) is 0 Å². The summed E-state index contributed by atoms with van der Waals surface area (Å²) in [6.45, 7) is 8.27. The maximum Gasteiger partial charge on any atom is 0.335 e. The fraction of sp³-hybridized carbons (Fsp3) is 0.211. The molecule has 248 valence electrons. The lowest BCUT2D eigenvalue weighted by atomic mass is 10.0. The number of aryl methyl sites for hydroxylation is 1. The molecule has 0 fully saturated rings. The van der Waals surface area contributed by atoms with Gasteiger partial charge in [-0.05, 0) is 92.4 Å². The summed E-state index contributed by atoms with van der Waals surface area (Å²) in [6, 6.07) is 22.4. The summed E-state index contributed by atoms with van der Waals surface area (Å²) in [5.41, 5.74) is 3.49. The van der Waals surface area contributed by atoms with Gasteiger partial charge in [-0.15, -0.1) is 0 Å². The van der Waals surface area contributed by atoms with Crippen molar-refractivity contribution >= 4 is 40.6 Å². The lowest BCUT2D eigenvalue weighted by molar-refractivity contribution is -0.122. The van der Waals surface area contributed by atoms with Gasteiger partial charge in [-0.25, -0.2) is 9.78 Å². The van der Waals surface area contributed by atoms with Gasteiger partial charge in [0.2, 0.25) is 11.8 Å². The van der Waals surface area contributed by atoms with Crippen LogP contribution in [0.4, 0.5) is 5.69 Å². The first-order chi connectivity index (χ1) is 23.1. The van der Waals surface area contributed by atoms with Gasteiger partial charge in [0.1, 0.15) is 17.3 Å². The first kappa shape index (κ1) is 35.4. The Labute approximate surface area is 285 Å². The minimum atomic E-state index is -1.00. The monoisotopic (exact) mass is 666 g/mol. The first-order valence-corrected chi connectivity index (χ1v) is 16.0. The summed E-state index contributed by atoms with van der Waals surface area (Å²) in [5, 5.41) is 15.7. The SMILES string of the molecule is C=C/C(Cl)=C\C=C(/C)c1cn(CC)c(C(Cc2ccc(Oc3ccc(C(=O)O)cc3)cc2)NC(=O)CCCC(=O)Nc2ccccc2)n1. The number of aromatic nitrogens is 2. The maximum atomic E-state index is 13.3. The molecule has 1 heterocycles. The van der Waals surface area contributed by atoms with Crippen molar-refractivity contribution in [3.8, 4) is 11.5 Å². The molecule has 0 aliphatic rings. The van der Waals surface area contributed by atoms with Crippen molar-refractivity contribution in [3.05, 3.63) is 138 Å². The molecular weight excluding hydrogens is 628 g/mol. The van der Waals surface area contributed by atoms with Crippen LogP contribution >= 0.6 is 11.6 Å². The smallest absolute Gasteiger partial charge is 0.335 e. The Morgan fingerprint density at radius 2 is 1.60 bits per heavy atom. The molecule has 1 atom stereocenters. The second kappa shape index (κ2) is 17.5. The van der Waals surface area contributed by atoms with Crippen LogP contribution in [0.15, 0.2) is 115 Å². The van der Waals surface area contributed by atoms with E-state index in [0.717, 1.165) is 16.8 Å². The number of hydrogen-bond acceptors (Lipinski definition) is 5. The topological polar surface area (TPSA) is 123 Å². The molecule has 0 aliphatic carbocycles. The van der Waals surface area contributed by atoms with Crippen LogP contribution in [0.25, 0.3) is 5.57 Å². The number of hydrogen-bond donors (Lipinski definition) is 3. The van der Waals surface area contributed by atoms with Crippen molar-refractivity contribution in [2.75, 3.05) is 5.32 Å². The molecule has 4 rings (SSSR count). The molecule has 0 radical (unpaired) electrons. The van der Waals surface area contributed by atoms with E-state index in [9.17, 15) is 14.4 Å². The molecule has 3 aromatic carbocycles. The van der Waals surface area contributed by atoms with Crippen LogP contribution in [0.1, 0.15) is 66.6 Å². The molecule has 1 unspecified atom stereocenters. The van der Waals surface area contributed by atoms with Gasteiger partial charge in [-0.3, -0.25) is 9.59 Å². The van der Waals surface area contributed by atoms with Crippen molar-refractivity contribution in [1.29, 1.82) is 0 Å². The zero-order chi connectivity index (χ0) is 34.5. The van der Waals surface area contributed by atoms with Crippen molar-refractivity contribution < 1.29 is 24.2 Å². The Morgan fingerprint density at radius 1 is 0.958 bits per heavy atom. The first-order valence-electron chi connectivity index (χ1n) is 15.6. The highest BCUT2D eigenvalue weighted by Crippen LogP contribution is 2.26. The van der Waals surface area contributed by atoms with Gasteiger partial charge in [-0.2, -0.15) is 0 Å². The van der Waals surface area contributed by atoms with Crippen molar-refractivity contribution in [1.82, 2.24) is 14.9 Å². The fourth-order valence-corrected chi connectivity index (χ4v) is 4.93. The van der Waals surface area contributed by atoms with Crippen LogP contribution in [0.5, 0.6) is 11.5 Å². The van der Waals surface area contributed by atoms with Crippen LogP contribution in [-0.2, 0) is 22.6 Å². The molecule has 0 saturated heterocycles. The number of imidazole rings is 1. The van der Waals surface area contributed by atoms with Crippen LogP contribution in [0.3, 0.4) is 0 Å². The standard InChI is InChI=1S/C38H39ClN4O5/c1-4-29(39)19-14-26(3)34-25-43(5-2)37(42-34)33(41-36(45)13-9-12-35(44)40-30-10-7-6-8-11-30)24-27-15-20-31(21-16-27)48-32-22-17-28(18-23-32)38(46)47/h4,6-8,10-11,14-23,25,33H,1,5,9,12-13,24H2,2-3H3,(H,40,44)(H,41,45)(H,46,47)/b26-14+,29-19+. The predicted octanol–water partition coefficient (Wildman–Crippen LogP) is 8.31. The number of aromatic carboxylic acids is 1. The number of halogens is 1. The van der Waals surface area contributed by atoms with Crippen molar-refractivity contribution in [2.45, 2.75) is 52.1 Å². The minimum Gasteiger partial charge on any atom is -0.478 e. The maximum absolute atomic E-state index is 13.3. The van der Waals surface area contributed by atoms with Gasteiger partial charge < -0.3 is 25.0 Å². The summed E-state index contributed by atoms with van der Waals surface area (Å²) >= 11 is 6.10. The molecular formula is C38H39ClN4O5. The third-order valence-corrected chi connectivity index (χ3v) is 7.73. The number of para-hydroxylation sites is 1. The van der Waals surface area contributed by atoms with Gasteiger partial charge in [0.05, 0.1) is 17.3 Å². The molecule has 1 aromatic heterocycles. The fourth-order valence-electron chi connectivity index (χ4n) is 4.87. The number of benzene rings is 3. The van der Waals surface area contributed by atoms with E-state index < -0.39 is 12.0 Å². The zero-order valence-corrected chi connectivity index (χ0v) is 27.7. The number of rotatable bonds is 16. The highest BCUT2D eigenvalue weighted by molar-refractivity contribution is 6.31. The number of carboxylic acids is 1. The molecule has 0 saturated carbocycles. The Kier molecular flexibility index (Phi) is 12.9. The van der Waals surface area contributed by atoms with Crippen LogP contribution < -0.4 is 15.4 Å². The highest BCUT2D eigenvalue weighted by Gasteiger charge is 2.22. The van der Waals surface area contributed by atoms with Gasteiger partial charge in [0, 0.05) is 36.3 Å². The average Bonchev–Trinajstić information content (AvgIpc) is 3.53. The molecule has 48 heavy (non-hydrogen) atoms. The summed E-state index contributed by atoms with van der Waals surface area (Å²) in [4.78, 5) is 41.7. The lowest BCUT2D eigenvalue weighted by Gasteiger charge is -2.20. The zero-order valence-electron chi connectivity index (χ0n) is 27.0. The van der Waals surface area contributed by atoms with E-state index in [4.69, 9.17) is 26.4 Å². The third kappa shape index (κ3) is 10.6. The molecule has 0 bridgehead atoms. The van der Waals surface area contributed by atoms with Gasteiger partial charge >= 0.3 is 5.97 Å². The predicted molar refractivity (Wildman–Crippen MR) is 189 cm³/mol. The number of carbonyl (C=O) groups excluding carboxylic acids is 2. The molecule has 10 heteroatoms. The highest BCUT2D eigenvalue weighted by atomic mass is 35.5. The lowest BCUT2D eigenvalue weighted by Crippen LogP contribution is -2.32. The van der Waals surface area contributed by atoms with E-state index in [-0.39, 0.29) is 30.2 Å². The van der Waals surface area contributed by atoms with Gasteiger partial charge in [0.25, 0.3) is 0 Å². The second-order valence-electron chi connectivity index (χ2n) is 11.0. The Morgan fingerprint density at radius 3 is 2.23 bits per heavy atom. The summed E-state index contributed by atoms with van der Waals surface area (Å²) < 4.78 is 7.91. The number of nitrogens with zero attached hydrogens (tertiary/aromatic N) is 2. The minimum absolute atomic E-state index is 0.148. The average molecular weight is 667 g/mol. The van der Waals surface area contributed by atoms with E-state index in [0.29, 0.717) is 47.4 Å². The van der Waals surface area contributed by atoms with E-state index in [1.165, 1.54) is 12.1 Å². The van der Waals surface area contributed by atoms with Crippen LogP contribution in [0.2, 0.25) is 0 Å². The number of ether oxygens (including phenoxy) is 1. The molecule has 0 aliphatic heterocycles. The number of amides is 2. The second-order valence-corrected chi connectivity index (χ2v) is 11.5. The summed E-state index contributed by atoms with van der Waals surface area (Å²) in [6.07, 6.45) is 8.38. The number of nitrogens with one attached hydrogen (secondary N) is 2. The molecule has 9 nitrogen and oxygen atoms in total. The quantitative estimate of drug-likeness (QED) is 0.103. The summed E-state index contributed by atoms with van der Waals surface area (Å²) in [7, 11) is 0. The number of carbonyl (C=O) groups is 3. The molecule has 2 amide bonds. The van der Waals surface area contributed by atoms with E-state index in [1.807, 2.05) is 85.3 Å². The number of allylic oxidation sites excluding steroid dienone is 5. The van der Waals surface area contributed by atoms with Crippen LogP contribution in [0, 0.1) is 0 Å². The van der Waals surface area contributed by atoms with Crippen LogP contribution in [-0.4, -0.2) is 32.4 Å². The molecule has 4 aromatic rings. The van der Waals surface area contributed by atoms with Gasteiger partial charge in [-0.1, -0.05) is 60.7 Å². The number of carboxylic acid groups (broad SMARTS) is 1. The molecule has 0 spiro atoms. The Hall–Kier alpha value is -5.41. The largest absolute Gasteiger partial charge is 0.478 e. The third-order valence-electron chi connectivity index (χ3n) is 7.45. The van der Waals surface area contributed by atoms with E-state index >= 15 is 0 Å². The normalized spacial score (nSPS) is 12.2. The van der Waals surface area contributed by atoms with Gasteiger partial charge in [0.15, 0.2) is 0 Å². The number of anilines is 1. The van der Waals surface area contributed by atoms with Crippen molar-refractivity contribution in [3.63, 3.8) is 0 Å². The summed E-state index contributed by atoms with van der Waals surface area (Å²) in [5.74, 6) is 0.466. The molecule has 3 N–H and O–H groups in total. The Bertz CT molecular complexity index is 1780.